The molecule has 0 aliphatic rings. The predicted octanol–water partition coefficient (Wildman–Crippen LogP) is 4.84. The van der Waals surface area contributed by atoms with E-state index >= 15 is 0 Å². The van der Waals surface area contributed by atoms with Crippen LogP contribution in [0.15, 0.2) is 53.9 Å². The number of ether oxygens (including phenoxy) is 2. The van der Waals surface area contributed by atoms with Crippen molar-refractivity contribution in [3.8, 4) is 11.5 Å². The third-order valence-corrected chi connectivity index (χ3v) is 7.80. The lowest BCUT2D eigenvalue weighted by molar-refractivity contribution is -0.145. The first-order chi connectivity index (χ1) is 14.0. The highest BCUT2D eigenvalue weighted by Gasteiger charge is 2.25. The molecule has 1 unspecified atom stereocenters. The van der Waals surface area contributed by atoms with Gasteiger partial charge in [-0.05, 0) is 111 Å². The third-order valence-electron chi connectivity index (χ3n) is 3.69. The maximum Gasteiger partial charge on any atom is 0.315 e. The third kappa shape index (κ3) is 7.42. The molecule has 0 saturated heterocycles. The molecule has 160 valence electrons. The van der Waals surface area contributed by atoms with E-state index in [1.807, 2.05) is 0 Å². The molecule has 7 nitrogen and oxygen atoms in total. The Morgan fingerprint density at radius 1 is 1.03 bits per heavy atom. The summed E-state index contributed by atoms with van der Waals surface area (Å²) in [6.45, 7) is 3.61. The number of benzene rings is 2. The van der Waals surface area contributed by atoms with E-state index < -0.39 is 28.0 Å². The summed E-state index contributed by atoms with van der Waals surface area (Å²) < 4.78 is 44.2. The van der Waals surface area contributed by atoms with E-state index in [0.29, 0.717) is 5.75 Å². The zero-order valence-electron chi connectivity index (χ0n) is 15.2. The van der Waals surface area contributed by atoms with E-state index in [9.17, 15) is 22.6 Å². The van der Waals surface area contributed by atoms with Gasteiger partial charge in [-0.1, -0.05) is 6.08 Å². The molecule has 0 amide bonds. The molecule has 30 heavy (non-hydrogen) atoms. The van der Waals surface area contributed by atoms with Crippen LogP contribution in [0.1, 0.15) is 12.8 Å². The molecule has 0 bridgehead atoms. The van der Waals surface area contributed by atoms with Gasteiger partial charge in [-0.15, -0.1) is 6.58 Å². The summed E-state index contributed by atoms with van der Waals surface area (Å²) in [5, 5.41) is 0. The molecular formula is C19H15I3O7S. The van der Waals surface area contributed by atoms with E-state index in [0.717, 1.165) is 3.57 Å². The number of carbonyl (C=O) groups is 2. The van der Waals surface area contributed by atoms with Gasteiger partial charge in [0.2, 0.25) is 0 Å². The van der Waals surface area contributed by atoms with Crippen molar-refractivity contribution >= 4 is 89.8 Å². The number of esters is 2. The molecule has 0 aliphatic carbocycles. The van der Waals surface area contributed by atoms with Crippen LogP contribution in [0.5, 0.6) is 11.5 Å². The normalized spacial score (nSPS) is 12.1. The molecule has 0 saturated carbocycles. The van der Waals surface area contributed by atoms with Crippen LogP contribution in [0.25, 0.3) is 0 Å². The van der Waals surface area contributed by atoms with Crippen LogP contribution in [0, 0.1) is 16.6 Å². The first kappa shape index (κ1) is 25.5. The second-order valence-electron chi connectivity index (χ2n) is 5.97. The van der Waals surface area contributed by atoms with Gasteiger partial charge >= 0.3 is 11.9 Å². The average molecular weight is 768 g/mol. The molecule has 1 atom stereocenters. The zero-order chi connectivity index (χ0) is 22.5. The van der Waals surface area contributed by atoms with Gasteiger partial charge in [-0.25, -0.2) is 0 Å². The van der Waals surface area contributed by atoms with E-state index in [1.165, 1.54) is 18.2 Å². The Hall–Kier alpha value is -0.780. The summed E-state index contributed by atoms with van der Waals surface area (Å²) in [6, 6.07) is 9.53. The van der Waals surface area contributed by atoms with Crippen molar-refractivity contribution in [2.24, 2.45) is 5.92 Å². The van der Waals surface area contributed by atoms with Crippen LogP contribution in [-0.4, -0.2) is 24.9 Å². The largest absolute Gasteiger partial charge is 0.426 e. The lowest BCUT2D eigenvalue weighted by atomic mass is 10.0. The van der Waals surface area contributed by atoms with Crippen molar-refractivity contribution in [2.75, 3.05) is 0 Å². The lowest BCUT2D eigenvalue weighted by Crippen LogP contribution is -2.25. The summed E-state index contributed by atoms with van der Waals surface area (Å²) in [5.41, 5.74) is 0. The highest BCUT2D eigenvalue weighted by atomic mass is 127. The number of carbonyl (C=O) groups excluding carboxylic acids is 2. The predicted molar refractivity (Wildman–Crippen MR) is 135 cm³/mol. The number of hydrogen-bond donors (Lipinski definition) is 1. The molecule has 0 aliphatic heterocycles. The van der Waals surface area contributed by atoms with Gasteiger partial charge in [0.05, 0.1) is 12.3 Å². The Bertz CT molecular complexity index is 1040. The van der Waals surface area contributed by atoms with Gasteiger partial charge in [-0.2, -0.15) is 8.42 Å². The number of rotatable bonds is 8. The van der Waals surface area contributed by atoms with Crippen LogP contribution < -0.4 is 9.47 Å². The van der Waals surface area contributed by atoms with Crippen molar-refractivity contribution in [3.63, 3.8) is 0 Å². The molecule has 0 spiro atoms. The van der Waals surface area contributed by atoms with Crippen molar-refractivity contribution in [3.05, 3.63) is 59.8 Å². The number of allylic oxidation sites excluding steroid dienone is 1. The summed E-state index contributed by atoms with van der Waals surface area (Å²) in [7, 11) is -4.41. The first-order valence-corrected chi connectivity index (χ1v) is 12.9. The fraction of sp³-hybridized carbons (Fsp3) is 0.158. The highest BCUT2D eigenvalue weighted by molar-refractivity contribution is 14.1. The first-order valence-electron chi connectivity index (χ1n) is 8.26. The minimum Gasteiger partial charge on any atom is -0.426 e. The Labute approximate surface area is 214 Å². The molecule has 11 heteroatoms. The molecular weight excluding hydrogens is 753 g/mol. The van der Waals surface area contributed by atoms with Crippen LogP contribution in [0.4, 0.5) is 0 Å². The van der Waals surface area contributed by atoms with E-state index in [-0.39, 0.29) is 30.6 Å². The van der Waals surface area contributed by atoms with E-state index in [4.69, 9.17) is 9.47 Å². The van der Waals surface area contributed by atoms with Gasteiger partial charge in [0, 0.05) is 10.7 Å². The van der Waals surface area contributed by atoms with Crippen molar-refractivity contribution in [2.45, 2.75) is 17.7 Å². The van der Waals surface area contributed by atoms with E-state index in [1.54, 1.807) is 69.4 Å². The summed E-state index contributed by atoms with van der Waals surface area (Å²) >= 11 is 5.58. The fourth-order valence-corrected chi connectivity index (χ4v) is 6.73. The molecule has 0 radical (unpaired) electrons. The standard InChI is InChI=1S/C19H15I3O7S/c1-2-3-11(19(24)29-13-6-4-12(20)5-7-13)8-17(23)28-14-9-15(21)18(16(22)10-14)30(25,26)27/h2,4-7,9-11H,1,3,8H2,(H,25,26,27). The lowest BCUT2D eigenvalue weighted by Gasteiger charge is -2.14. The maximum atomic E-state index is 12.5. The van der Waals surface area contributed by atoms with Crippen molar-refractivity contribution < 1.29 is 32.0 Å². The second-order valence-corrected chi connectivity index (χ2v) is 10.9. The highest BCUT2D eigenvalue weighted by Crippen LogP contribution is 2.29. The SMILES string of the molecule is C=CCC(CC(=O)Oc1cc(I)c(S(=O)(=O)O)c(I)c1)C(=O)Oc1ccc(I)cc1. The molecule has 0 fully saturated rings. The molecule has 2 aromatic rings. The zero-order valence-corrected chi connectivity index (χ0v) is 22.5. The quantitative estimate of drug-likeness (QED) is 0.135. The fourth-order valence-electron chi connectivity index (χ4n) is 2.38. The second kappa shape index (κ2) is 11.2. The van der Waals surface area contributed by atoms with Crippen molar-refractivity contribution in [1.29, 1.82) is 0 Å². The molecule has 2 rings (SSSR count). The smallest absolute Gasteiger partial charge is 0.315 e. The molecule has 2 aromatic carbocycles. The summed E-state index contributed by atoms with van der Waals surface area (Å²) in [6.07, 6.45) is 1.48. The van der Waals surface area contributed by atoms with Gasteiger partial charge in [0.25, 0.3) is 10.1 Å². The topological polar surface area (TPSA) is 107 Å². The van der Waals surface area contributed by atoms with Crippen LogP contribution in [0.2, 0.25) is 0 Å². The monoisotopic (exact) mass is 768 g/mol. The van der Waals surface area contributed by atoms with E-state index in [2.05, 4.69) is 29.2 Å². The van der Waals surface area contributed by atoms with Crippen LogP contribution >= 0.6 is 67.8 Å². The Balaban J connectivity index is 2.10. The van der Waals surface area contributed by atoms with Gasteiger partial charge in [0.15, 0.2) is 0 Å². The minimum absolute atomic E-state index is 0.101. The van der Waals surface area contributed by atoms with Gasteiger partial charge < -0.3 is 9.47 Å². The Kier molecular flexibility index (Phi) is 9.51. The molecule has 0 heterocycles. The summed E-state index contributed by atoms with van der Waals surface area (Å²) in [5.74, 6) is -1.59. The van der Waals surface area contributed by atoms with Crippen LogP contribution in [-0.2, 0) is 19.7 Å². The Morgan fingerprint density at radius 2 is 1.60 bits per heavy atom. The summed E-state index contributed by atoms with van der Waals surface area (Å²) in [4.78, 5) is 24.6. The van der Waals surface area contributed by atoms with Gasteiger partial charge in [-0.3, -0.25) is 14.1 Å². The number of hydrogen-bond acceptors (Lipinski definition) is 6. The Morgan fingerprint density at radius 3 is 2.10 bits per heavy atom. The minimum atomic E-state index is -4.41. The number of halogens is 3. The van der Waals surface area contributed by atoms with Crippen LogP contribution in [0.3, 0.4) is 0 Å². The van der Waals surface area contributed by atoms with Gasteiger partial charge in [0.1, 0.15) is 16.4 Å². The maximum absolute atomic E-state index is 12.5. The van der Waals surface area contributed by atoms with Crippen molar-refractivity contribution in [1.82, 2.24) is 0 Å². The average Bonchev–Trinajstić information content (AvgIpc) is 2.61. The molecule has 1 N–H and O–H groups in total. The molecule has 0 aromatic heterocycles.